The number of benzene rings is 2. The van der Waals surface area contributed by atoms with E-state index in [1.807, 2.05) is 12.1 Å². The first-order valence-electron chi connectivity index (χ1n) is 11.0. The lowest BCUT2D eigenvalue weighted by Crippen LogP contribution is -2.12. The second-order valence-corrected chi connectivity index (χ2v) is 8.43. The predicted octanol–water partition coefficient (Wildman–Crippen LogP) is 6.66. The maximum absolute atomic E-state index is 13.2. The first-order chi connectivity index (χ1) is 16.4. The Morgan fingerprint density at radius 3 is 2.71 bits per heavy atom. The summed E-state index contributed by atoms with van der Waals surface area (Å²) in [5.41, 5.74) is 1.99. The topological polar surface area (TPSA) is 69.3 Å². The largest absolute Gasteiger partial charge is 0.486 e. The van der Waals surface area contributed by atoms with Crippen molar-refractivity contribution in [3.8, 4) is 5.75 Å². The van der Waals surface area contributed by atoms with Crippen LogP contribution in [-0.4, -0.2) is 15.7 Å². The highest BCUT2D eigenvalue weighted by atomic mass is 35.5. The van der Waals surface area contributed by atoms with Crippen LogP contribution in [0.2, 0.25) is 5.02 Å². The summed E-state index contributed by atoms with van der Waals surface area (Å²) in [6.45, 7) is 4.91. The van der Waals surface area contributed by atoms with Gasteiger partial charge < -0.3 is 14.5 Å². The molecule has 2 aromatic carbocycles. The summed E-state index contributed by atoms with van der Waals surface area (Å²) in [6.07, 6.45) is 2.78. The van der Waals surface area contributed by atoms with E-state index in [0.29, 0.717) is 34.6 Å². The average molecular weight is 482 g/mol. The number of ether oxygens (including phenoxy) is 1. The summed E-state index contributed by atoms with van der Waals surface area (Å²) in [6, 6.07) is 17.2. The lowest BCUT2D eigenvalue weighted by Gasteiger charge is -2.10. The fourth-order valence-electron chi connectivity index (χ4n) is 3.38. The van der Waals surface area contributed by atoms with E-state index in [0.717, 1.165) is 12.2 Å². The molecule has 0 saturated heterocycles. The fraction of sp³-hybridized carbons (Fsp3) is 0.231. The third-order valence-electron chi connectivity index (χ3n) is 5.56. The lowest BCUT2D eigenvalue weighted by molar-refractivity contribution is 0.0992. The van der Waals surface area contributed by atoms with E-state index in [1.165, 1.54) is 17.7 Å². The van der Waals surface area contributed by atoms with Gasteiger partial charge in [-0.2, -0.15) is 5.10 Å². The highest BCUT2D eigenvalue weighted by Crippen LogP contribution is 2.23. The number of amides is 1. The number of nitrogens with zero attached hydrogens (tertiary/aromatic N) is 2. The van der Waals surface area contributed by atoms with Gasteiger partial charge in [0.15, 0.2) is 11.6 Å². The van der Waals surface area contributed by atoms with Gasteiger partial charge in [0, 0.05) is 17.3 Å². The minimum atomic E-state index is -0.422. The number of carbonyl (C=O) groups is 1. The molecule has 0 aliphatic heterocycles. The zero-order chi connectivity index (χ0) is 24.1. The molecule has 2 heterocycles. The summed E-state index contributed by atoms with van der Waals surface area (Å²) in [5, 5.41) is 7.33. The second kappa shape index (κ2) is 10.6. The highest BCUT2D eigenvalue weighted by molar-refractivity contribution is 6.31. The molecule has 1 atom stereocenters. The Morgan fingerprint density at radius 2 is 1.97 bits per heavy atom. The molecule has 0 aliphatic rings. The molecule has 8 heteroatoms. The van der Waals surface area contributed by atoms with Crippen molar-refractivity contribution in [3.05, 3.63) is 100 Å². The Hall–Kier alpha value is -3.58. The first-order valence-corrected chi connectivity index (χ1v) is 11.4. The number of carbonyl (C=O) groups excluding carboxylic acids is 1. The zero-order valence-electron chi connectivity index (χ0n) is 18.9. The third-order valence-corrected chi connectivity index (χ3v) is 5.91. The van der Waals surface area contributed by atoms with Crippen LogP contribution in [0.25, 0.3) is 0 Å². The van der Waals surface area contributed by atoms with Gasteiger partial charge in [-0.1, -0.05) is 43.6 Å². The summed E-state index contributed by atoms with van der Waals surface area (Å²) in [4.78, 5) is 12.5. The molecular formula is C26H25ClFN3O3. The predicted molar refractivity (Wildman–Crippen MR) is 129 cm³/mol. The minimum Gasteiger partial charge on any atom is -0.486 e. The van der Waals surface area contributed by atoms with Crippen molar-refractivity contribution < 1.29 is 18.3 Å². The second-order valence-electron chi connectivity index (χ2n) is 8.02. The number of furan rings is 1. The van der Waals surface area contributed by atoms with Crippen molar-refractivity contribution in [2.45, 2.75) is 39.3 Å². The third kappa shape index (κ3) is 5.85. The number of hydrogen-bond acceptors (Lipinski definition) is 4. The van der Waals surface area contributed by atoms with E-state index in [2.05, 4.69) is 36.4 Å². The van der Waals surface area contributed by atoms with Crippen LogP contribution < -0.4 is 10.1 Å². The molecule has 176 valence electrons. The highest BCUT2D eigenvalue weighted by Gasteiger charge is 2.14. The summed E-state index contributed by atoms with van der Waals surface area (Å²) in [7, 11) is 0. The van der Waals surface area contributed by atoms with Gasteiger partial charge in [0.25, 0.3) is 5.91 Å². The Kier molecular flexibility index (Phi) is 7.33. The Balaban J connectivity index is 1.31. The van der Waals surface area contributed by atoms with Crippen molar-refractivity contribution in [2.75, 3.05) is 5.32 Å². The molecule has 2 aromatic heterocycles. The van der Waals surface area contributed by atoms with Gasteiger partial charge in [0.2, 0.25) is 0 Å². The number of rotatable bonds is 9. The maximum atomic E-state index is 13.2. The quantitative estimate of drug-likeness (QED) is 0.290. The number of halogens is 2. The molecular weight excluding hydrogens is 457 g/mol. The molecule has 1 unspecified atom stereocenters. The molecule has 34 heavy (non-hydrogen) atoms. The van der Waals surface area contributed by atoms with Crippen LogP contribution in [0.1, 0.15) is 53.6 Å². The van der Waals surface area contributed by atoms with Crippen LogP contribution in [-0.2, 0) is 13.2 Å². The molecule has 0 spiro atoms. The van der Waals surface area contributed by atoms with Crippen LogP contribution in [0.3, 0.4) is 0 Å². The molecule has 0 fully saturated rings. The summed E-state index contributed by atoms with van der Waals surface area (Å²) < 4.78 is 26.2. The SMILES string of the molecule is CCC(C)c1ccc(OCc2ccc(C(=O)Nc3ccn(Cc4ccc(F)cc4Cl)n3)o2)cc1. The van der Waals surface area contributed by atoms with Crippen LogP contribution in [0.4, 0.5) is 10.2 Å². The summed E-state index contributed by atoms with van der Waals surface area (Å²) >= 11 is 6.07. The molecule has 6 nitrogen and oxygen atoms in total. The zero-order valence-corrected chi connectivity index (χ0v) is 19.7. The standard InChI is InChI=1S/C26H25ClFN3O3/c1-3-17(2)18-5-8-21(9-6-18)33-16-22-10-11-24(34-22)26(32)29-25-12-13-31(30-25)15-19-4-7-20(28)14-23(19)27/h4-14,17H,3,15-16H2,1-2H3,(H,29,30,32). The van der Waals surface area contributed by atoms with E-state index in [9.17, 15) is 9.18 Å². The van der Waals surface area contributed by atoms with Crippen LogP contribution in [0.15, 0.2) is 71.3 Å². The monoisotopic (exact) mass is 481 g/mol. The first kappa shape index (κ1) is 23.6. The fourth-order valence-corrected chi connectivity index (χ4v) is 3.61. The smallest absolute Gasteiger partial charge is 0.292 e. The summed E-state index contributed by atoms with van der Waals surface area (Å²) in [5.74, 6) is 1.47. The molecule has 0 bridgehead atoms. The van der Waals surface area contributed by atoms with E-state index < -0.39 is 11.7 Å². The molecule has 0 aliphatic carbocycles. The Labute approximate surface area is 202 Å². The van der Waals surface area contributed by atoms with Crippen LogP contribution in [0.5, 0.6) is 5.75 Å². The molecule has 0 saturated carbocycles. The van der Waals surface area contributed by atoms with Gasteiger partial charge in [-0.3, -0.25) is 9.48 Å². The van der Waals surface area contributed by atoms with Crippen molar-refractivity contribution in [2.24, 2.45) is 0 Å². The molecule has 4 rings (SSSR count). The van der Waals surface area contributed by atoms with Crippen LogP contribution >= 0.6 is 11.6 Å². The van der Waals surface area contributed by atoms with Gasteiger partial charge in [0.1, 0.15) is 23.9 Å². The van der Waals surface area contributed by atoms with E-state index in [-0.39, 0.29) is 12.4 Å². The van der Waals surface area contributed by atoms with E-state index >= 15 is 0 Å². The number of anilines is 1. The number of aromatic nitrogens is 2. The Bertz CT molecular complexity index is 1270. The number of nitrogens with one attached hydrogen (secondary N) is 1. The maximum Gasteiger partial charge on any atom is 0.292 e. The van der Waals surface area contributed by atoms with Gasteiger partial charge in [-0.05, 0) is 59.9 Å². The van der Waals surface area contributed by atoms with Crippen molar-refractivity contribution in [1.29, 1.82) is 0 Å². The molecule has 1 amide bonds. The Morgan fingerprint density at radius 1 is 1.18 bits per heavy atom. The normalized spacial score (nSPS) is 11.9. The van der Waals surface area contributed by atoms with Gasteiger partial charge in [-0.15, -0.1) is 0 Å². The van der Waals surface area contributed by atoms with Crippen molar-refractivity contribution in [1.82, 2.24) is 9.78 Å². The van der Waals surface area contributed by atoms with Crippen molar-refractivity contribution >= 4 is 23.3 Å². The van der Waals surface area contributed by atoms with E-state index in [4.69, 9.17) is 20.8 Å². The molecule has 1 N–H and O–H groups in total. The minimum absolute atomic E-state index is 0.154. The van der Waals surface area contributed by atoms with Gasteiger partial charge >= 0.3 is 0 Å². The van der Waals surface area contributed by atoms with Crippen molar-refractivity contribution in [3.63, 3.8) is 0 Å². The lowest BCUT2D eigenvalue weighted by atomic mass is 9.99. The van der Waals surface area contributed by atoms with Crippen LogP contribution in [0, 0.1) is 5.82 Å². The molecule has 4 aromatic rings. The van der Waals surface area contributed by atoms with Gasteiger partial charge in [0.05, 0.1) is 6.54 Å². The molecule has 0 radical (unpaired) electrons. The number of hydrogen-bond donors (Lipinski definition) is 1. The van der Waals surface area contributed by atoms with E-state index in [1.54, 1.807) is 35.1 Å². The average Bonchev–Trinajstić information content (AvgIpc) is 3.49. The van der Waals surface area contributed by atoms with Gasteiger partial charge in [-0.25, -0.2) is 4.39 Å².